The average Bonchev–Trinajstić information content (AvgIpc) is 3.22. The highest BCUT2D eigenvalue weighted by Crippen LogP contribution is 2.30. The van der Waals surface area contributed by atoms with Gasteiger partial charge in [-0.3, -0.25) is 9.89 Å². The molecule has 0 atom stereocenters. The quantitative estimate of drug-likeness (QED) is 0.755. The van der Waals surface area contributed by atoms with Crippen molar-refractivity contribution in [2.75, 3.05) is 0 Å². The van der Waals surface area contributed by atoms with Crippen molar-refractivity contribution in [1.29, 1.82) is 0 Å². The predicted molar refractivity (Wildman–Crippen MR) is 80.1 cm³/mol. The molecule has 0 aliphatic heterocycles. The fourth-order valence-electron chi connectivity index (χ4n) is 1.95. The first-order chi connectivity index (χ1) is 11.4. The smallest absolute Gasteiger partial charge is 0.345 e. The third-order valence-corrected chi connectivity index (χ3v) is 4.01. The van der Waals surface area contributed by atoms with Gasteiger partial charge in [-0.05, 0) is 0 Å². The molecule has 0 saturated heterocycles. The Morgan fingerprint density at radius 1 is 1.21 bits per heavy atom. The monoisotopic (exact) mass is 353 g/mol. The topological polar surface area (TPSA) is 83.6 Å². The molecule has 0 radical (unpaired) electrons. The van der Waals surface area contributed by atoms with Crippen molar-refractivity contribution in [3.63, 3.8) is 0 Å². The van der Waals surface area contributed by atoms with E-state index in [1.165, 1.54) is 11.3 Å². The van der Waals surface area contributed by atoms with Gasteiger partial charge in [0.25, 0.3) is 5.91 Å². The van der Waals surface area contributed by atoms with Gasteiger partial charge >= 0.3 is 6.18 Å². The molecule has 2 N–H and O–H groups in total. The van der Waals surface area contributed by atoms with Gasteiger partial charge in [-0.15, -0.1) is 10.2 Å². The van der Waals surface area contributed by atoms with Crippen molar-refractivity contribution in [2.45, 2.75) is 12.7 Å². The van der Waals surface area contributed by atoms with E-state index < -0.39 is 23.3 Å². The number of alkyl halides is 3. The van der Waals surface area contributed by atoms with E-state index in [0.717, 1.165) is 11.8 Å². The van der Waals surface area contributed by atoms with Crippen LogP contribution in [0.5, 0.6) is 0 Å². The summed E-state index contributed by atoms with van der Waals surface area (Å²) < 4.78 is 38.1. The van der Waals surface area contributed by atoms with E-state index in [2.05, 4.69) is 25.7 Å². The Morgan fingerprint density at radius 3 is 2.67 bits per heavy atom. The zero-order valence-electron chi connectivity index (χ0n) is 12.0. The molecule has 0 aliphatic carbocycles. The first kappa shape index (κ1) is 16.1. The highest BCUT2D eigenvalue weighted by atomic mass is 32.1. The van der Waals surface area contributed by atoms with Crippen LogP contribution in [0, 0.1) is 0 Å². The molecule has 1 aromatic carbocycles. The van der Waals surface area contributed by atoms with Crippen molar-refractivity contribution in [3.8, 4) is 10.6 Å². The molecule has 0 aliphatic rings. The van der Waals surface area contributed by atoms with E-state index >= 15 is 0 Å². The van der Waals surface area contributed by atoms with E-state index in [-0.39, 0.29) is 6.54 Å². The van der Waals surface area contributed by atoms with E-state index in [9.17, 15) is 18.0 Å². The number of nitrogens with zero attached hydrogens (tertiary/aromatic N) is 3. The first-order valence-electron chi connectivity index (χ1n) is 6.72. The molecule has 3 aromatic rings. The van der Waals surface area contributed by atoms with Gasteiger partial charge in [-0.25, -0.2) is 0 Å². The highest BCUT2D eigenvalue weighted by Gasteiger charge is 2.38. The third kappa shape index (κ3) is 3.43. The van der Waals surface area contributed by atoms with Gasteiger partial charge in [-0.2, -0.15) is 18.3 Å². The standard InChI is InChI=1S/C14H10F3N5OS/c15-14(16,17)11-9(6-19-21-11)12(23)18-7-10-20-22-13(24-10)8-4-2-1-3-5-8/h1-6H,7H2,(H,18,23)(H,19,21). The zero-order valence-corrected chi connectivity index (χ0v) is 12.8. The summed E-state index contributed by atoms with van der Waals surface area (Å²) >= 11 is 1.25. The normalized spacial score (nSPS) is 11.5. The lowest BCUT2D eigenvalue weighted by Crippen LogP contribution is -2.25. The minimum Gasteiger partial charge on any atom is -0.345 e. The van der Waals surface area contributed by atoms with Crippen molar-refractivity contribution >= 4 is 17.2 Å². The lowest BCUT2D eigenvalue weighted by molar-refractivity contribution is -0.141. The van der Waals surface area contributed by atoms with Crippen LogP contribution in [0.15, 0.2) is 36.5 Å². The molecule has 0 bridgehead atoms. The second-order valence-corrected chi connectivity index (χ2v) is 5.76. The summed E-state index contributed by atoms with van der Waals surface area (Å²) in [6, 6.07) is 9.31. The Hall–Kier alpha value is -2.75. The number of hydrogen-bond donors (Lipinski definition) is 2. The van der Waals surface area contributed by atoms with Crippen LogP contribution in [0.4, 0.5) is 13.2 Å². The van der Waals surface area contributed by atoms with Crippen LogP contribution in [-0.2, 0) is 12.7 Å². The molecule has 3 rings (SSSR count). The number of carbonyl (C=O) groups is 1. The average molecular weight is 353 g/mol. The van der Waals surface area contributed by atoms with Crippen molar-refractivity contribution in [3.05, 3.63) is 52.8 Å². The number of halogens is 3. The number of aromatic nitrogens is 4. The minimum atomic E-state index is -4.70. The Bertz CT molecular complexity index is 843. The van der Waals surface area contributed by atoms with Crippen LogP contribution in [-0.4, -0.2) is 26.3 Å². The van der Waals surface area contributed by atoms with Gasteiger partial charge in [0.1, 0.15) is 10.0 Å². The molecule has 0 fully saturated rings. The second kappa shape index (κ2) is 6.40. The maximum Gasteiger partial charge on any atom is 0.435 e. The SMILES string of the molecule is O=C(NCc1nnc(-c2ccccc2)s1)c1c[nH]nc1C(F)(F)F. The molecule has 2 aromatic heterocycles. The first-order valence-corrected chi connectivity index (χ1v) is 7.54. The Balaban J connectivity index is 1.68. The molecule has 124 valence electrons. The molecule has 24 heavy (non-hydrogen) atoms. The van der Waals surface area contributed by atoms with E-state index in [1.807, 2.05) is 30.3 Å². The summed E-state index contributed by atoms with van der Waals surface area (Å²) in [4.78, 5) is 11.9. The molecule has 0 saturated carbocycles. The molecular formula is C14H10F3N5OS. The number of carbonyl (C=O) groups excluding carboxylic acids is 1. The molecule has 10 heteroatoms. The van der Waals surface area contributed by atoms with Crippen LogP contribution in [0.2, 0.25) is 0 Å². The number of hydrogen-bond acceptors (Lipinski definition) is 5. The fourth-order valence-corrected chi connectivity index (χ4v) is 2.74. The van der Waals surface area contributed by atoms with Crippen LogP contribution >= 0.6 is 11.3 Å². The molecule has 0 spiro atoms. The number of nitrogens with one attached hydrogen (secondary N) is 2. The molecule has 6 nitrogen and oxygen atoms in total. The largest absolute Gasteiger partial charge is 0.435 e. The van der Waals surface area contributed by atoms with E-state index in [4.69, 9.17) is 0 Å². The van der Waals surface area contributed by atoms with E-state index in [1.54, 1.807) is 0 Å². The number of H-pyrrole nitrogens is 1. The van der Waals surface area contributed by atoms with Crippen molar-refractivity contribution in [1.82, 2.24) is 25.7 Å². The van der Waals surface area contributed by atoms with Crippen LogP contribution in [0.3, 0.4) is 0 Å². The summed E-state index contributed by atoms with van der Waals surface area (Å²) in [6.45, 7) is -0.0220. The van der Waals surface area contributed by atoms with Crippen molar-refractivity contribution < 1.29 is 18.0 Å². The summed E-state index contributed by atoms with van der Waals surface area (Å²) in [7, 11) is 0. The van der Waals surface area contributed by atoms with E-state index in [0.29, 0.717) is 10.0 Å². The Kier molecular flexibility index (Phi) is 4.30. The molecule has 2 heterocycles. The van der Waals surface area contributed by atoms with Gasteiger partial charge in [-0.1, -0.05) is 41.7 Å². The fraction of sp³-hybridized carbons (Fsp3) is 0.143. The number of amides is 1. The van der Waals surface area contributed by atoms with Gasteiger partial charge < -0.3 is 5.32 Å². The predicted octanol–water partition coefficient (Wildman–Crippen LogP) is 2.88. The number of rotatable bonds is 4. The second-order valence-electron chi connectivity index (χ2n) is 4.69. The highest BCUT2D eigenvalue weighted by molar-refractivity contribution is 7.14. The van der Waals surface area contributed by atoms with Gasteiger partial charge in [0, 0.05) is 11.8 Å². The molecule has 0 unspecified atom stereocenters. The van der Waals surface area contributed by atoms with Crippen LogP contribution in [0.25, 0.3) is 10.6 Å². The Labute approximate surface area is 137 Å². The lowest BCUT2D eigenvalue weighted by atomic mass is 10.2. The third-order valence-electron chi connectivity index (χ3n) is 3.04. The number of benzene rings is 1. The zero-order chi connectivity index (χ0) is 17.2. The summed E-state index contributed by atoms with van der Waals surface area (Å²) in [5, 5.41) is 16.6. The molecule has 1 amide bonds. The lowest BCUT2D eigenvalue weighted by Gasteiger charge is -2.06. The number of aromatic amines is 1. The molecular weight excluding hydrogens is 343 g/mol. The maximum absolute atomic E-state index is 12.7. The van der Waals surface area contributed by atoms with Gasteiger partial charge in [0.15, 0.2) is 5.69 Å². The van der Waals surface area contributed by atoms with Crippen LogP contribution in [0.1, 0.15) is 21.1 Å². The van der Waals surface area contributed by atoms with Gasteiger partial charge in [0.05, 0.1) is 12.1 Å². The van der Waals surface area contributed by atoms with Crippen molar-refractivity contribution in [2.24, 2.45) is 0 Å². The van der Waals surface area contributed by atoms with Crippen LogP contribution < -0.4 is 5.32 Å². The summed E-state index contributed by atoms with van der Waals surface area (Å²) in [5.41, 5.74) is -0.931. The summed E-state index contributed by atoms with van der Waals surface area (Å²) in [6.07, 6.45) is -3.79. The minimum absolute atomic E-state index is 0.0220. The maximum atomic E-state index is 12.7. The Morgan fingerprint density at radius 2 is 1.96 bits per heavy atom. The van der Waals surface area contributed by atoms with Gasteiger partial charge in [0.2, 0.25) is 0 Å². The summed E-state index contributed by atoms with van der Waals surface area (Å²) in [5.74, 6) is -0.882.